The Bertz CT molecular complexity index is 2280. The van der Waals surface area contributed by atoms with E-state index in [0.717, 1.165) is 54.7 Å². The molecule has 6 heteroatoms. The first-order chi connectivity index (χ1) is 16.5. The van der Waals surface area contributed by atoms with Crippen LogP contribution in [0.25, 0.3) is 65.7 Å². The molecule has 4 heterocycles. The van der Waals surface area contributed by atoms with Gasteiger partial charge in [-0.15, -0.1) is 0 Å². The maximum absolute atomic E-state index is 13.7. The van der Waals surface area contributed by atoms with E-state index in [1.54, 1.807) is 8.80 Å². The van der Waals surface area contributed by atoms with Gasteiger partial charge < -0.3 is 0 Å². The van der Waals surface area contributed by atoms with Gasteiger partial charge in [0.05, 0.1) is 22.1 Å². The molecule has 0 aliphatic carbocycles. The number of aromatic nitrogens is 4. The van der Waals surface area contributed by atoms with Crippen LogP contribution < -0.4 is 11.1 Å². The van der Waals surface area contributed by atoms with Crippen molar-refractivity contribution >= 4 is 65.7 Å². The van der Waals surface area contributed by atoms with Gasteiger partial charge in [0.25, 0.3) is 11.1 Å². The first-order valence-electron chi connectivity index (χ1n) is 11.2. The van der Waals surface area contributed by atoms with Crippen molar-refractivity contribution in [1.82, 2.24) is 18.8 Å². The molecule has 0 atom stereocenters. The van der Waals surface area contributed by atoms with Crippen LogP contribution in [0.3, 0.4) is 0 Å². The van der Waals surface area contributed by atoms with Crippen LogP contribution in [0.15, 0.2) is 70.3 Å². The van der Waals surface area contributed by atoms with Crippen molar-refractivity contribution < 1.29 is 0 Å². The highest BCUT2D eigenvalue weighted by molar-refractivity contribution is 6.27. The topological polar surface area (TPSA) is 68.7 Å². The first-order valence-corrected chi connectivity index (χ1v) is 11.2. The Balaban J connectivity index is 1.69. The molecule has 34 heavy (non-hydrogen) atoms. The lowest BCUT2D eigenvalue weighted by Gasteiger charge is -2.12. The van der Waals surface area contributed by atoms with Crippen LogP contribution in [0.1, 0.15) is 11.1 Å². The summed E-state index contributed by atoms with van der Waals surface area (Å²) in [5, 5.41) is 4.44. The van der Waals surface area contributed by atoms with E-state index in [0.29, 0.717) is 22.1 Å². The third kappa shape index (κ3) is 1.94. The largest absolute Gasteiger partial charge is 0.268 e. The minimum absolute atomic E-state index is 0.124. The van der Waals surface area contributed by atoms with E-state index in [1.165, 1.54) is 0 Å². The van der Waals surface area contributed by atoms with E-state index in [2.05, 4.69) is 0 Å². The standard InChI is InChI=1S/C28H16N4O2/c1-13-4-10-21-20(11-13)30-26-16-6-8-18-23-15(5-7-17(24(16)23)27(33)31(21)26)25-29-19-9-3-14(2)12-22(19)32(25)28(18)34/h3-12H,1-2H3. The normalized spacial score (nSPS) is 12.6. The first kappa shape index (κ1) is 17.9. The van der Waals surface area contributed by atoms with E-state index in [9.17, 15) is 9.59 Å². The van der Waals surface area contributed by atoms with Crippen LogP contribution in [-0.2, 0) is 0 Å². The van der Waals surface area contributed by atoms with Crippen LogP contribution in [0.4, 0.5) is 0 Å². The van der Waals surface area contributed by atoms with Gasteiger partial charge >= 0.3 is 0 Å². The maximum atomic E-state index is 13.7. The molecular weight excluding hydrogens is 424 g/mol. The smallest absolute Gasteiger partial charge is 0.264 e. The van der Waals surface area contributed by atoms with Gasteiger partial charge in [0.1, 0.15) is 11.3 Å². The molecule has 0 saturated carbocycles. The number of pyridine rings is 2. The maximum Gasteiger partial charge on any atom is 0.264 e. The zero-order valence-corrected chi connectivity index (χ0v) is 18.4. The van der Waals surface area contributed by atoms with Crippen molar-refractivity contribution in [2.45, 2.75) is 13.8 Å². The van der Waals surface area contributed by atoms with E-state index >= 15 is 0 Å². The third-order valence-electron chi connectivity index (χ3n) is 7.13. The molecule has 0 N–H and O–H groups in total. The van der Waals surface area contributed by atoms with Crippen molar-refractivity contribution in [2.24, 2.45) is 0 Å². The Morgan fingerprint density at radius 3 is 1.76 bits per heavy atom. The molecule has 4 aromatic heterocycles. The van der Waals surface area contributed by atoms with Gasteiger partial charge in [0, 0.05) is 32.3 Å². The summed E-state index contributed by atoms with van der Waals surface area (Å²) < 4.78 is 3.39. The molecule has 0 unspecified atom stereocenters. The monoisotopic (exact) mass is 440 g/mol. The quantitative estimate of drug-likeness (QED) is 0.313. The molecule has 0 amide bonds. The van der Waals surface area contributed by atoms with Crippen LogP contribution in [0, 0.1) is 13.8 Å². The summed E-state index contributed by atoms with van der Waals surface area (Å²) in [7, 11) is 0. The van der Waals surface area contributed by atoms with E-state index in [4.69, 9.17) is 9.97 Å². The van der Waals surface area contributed by atoms with Gasteiger partial charge in [-0.3, -0.25) is 18.4 Å². The van der Waals surface area contributed by atoms with Crippen molar-refractivity contribution in [3.63, 3.8) is 0 Å². The Kier molecular flexibility index (Phi) is 2.98. The Hall–Kier alpha value is -4.58. The fourth-order valence-corrected chi connectivity index (χ4v) is 5.61. The summed E-state index contributed by atoms with van der Waals surface area (Å²) >= 11 is 0. The molecule has 0 radical (unpaired) electrons. The summed E-state index contributed by atoms with van der Waals surface area (Å²) in [6.07, 6.45) is 0. The lowest BCUT2D eigenvalue weighted by molar-refractivity contribution is 1.18. The van der Waals surface area contributed by atoms with E-state index < -0.39 is 0 Å². The molecule has 0 saturated heterocycles. The van der Waals surface area contributed by atoms with Gasteiger partial charge in [0.15, 0.2) is 0 Å². The molecular formula is C28H16N4O2. The summed E-state index contributed by atoms with van der Waals surface area (Å²) in [5.74, 6) is 0. The van der Waals surface area contributed by atoms with Crippen molar-refractivity contribution in [2.75, 3.05) is 0 Å². The summed E-state index contributed by atoms with van der Waals surface area (Å²) in [4.78, 5) is 37.1. The average molecular weight is 440 g/mol. The second-order valence-electron chi connectivity index (χ2n) is 9.21. The fraction of sp³-hybridized carbons (Fsp3) is 0.0714. The Labute approximate surface area is 191 Å². The van der Waals surface area contributed by atoms with Gasteiger partial charge in [-0.2, -0.15) is 0 Å². The van der Waals surface area contributed by atoms with E-state index in [-0.39, 0.29) is 11.1 Å². The molecule has 0 spiro atoms. The minimum atomic E-state index is -0.125. The molecule has 0 bridgehead atoms. The number of aryl methyl sites for hydroxylation is 2. The number of rotatable bonds is 0. The van der Waals surface area contributed by atoms with Gasteiger partial charge in [0.2, 0.25) is 0 Å². The van der Waals surface area contributed by atoms with Crippen LogP contribution in [-0.4, -0.2) is 18.8 Å². The number of imidazole rings is 2. The number of fused-ring (bicyclic) bond motifs is 8. The molecule has 6 nitrogen and oxygen atoms in total. The Morgan fingerprint density at radius 1 is 0.559 bits per heavy atom. The van der Waals surface area contributed by atoms with Crippen molar-refractivity contribution in [3.05, 3.63) is 92.5 Å². The average Bonchev–Trinajstić information content (AvgIpc) is 3.39. The van der Waals surface area contributed by atoms with Crippen LogP contribution >= 0.6 is 0 Å². The molecule has 4 aromatic carbocycles. The van der Waals surface area contributed by atoms with Crippen molar-refractivity contribution in [1.29, 1.82) is 0 Å². The summed E-state index contributed by atoms with van der Waals surface area (Å²) in [5.41, 5.74) is 6.29. The predicted molar refractivity (Wildman–Crippen MR) is 136 cm³/mol. The summed E-state index contributed by atoms with van der Waals surface area (Å²) in [6, 6.07) is 19.4. The number of hydrogen-bond acceptors (Lipinski definition) is 4. The van der Waals surface area contributed by atoms with Crippen molar-refractivity contribution in [3.8, 4) is 0 Å². The Morgan fingerprint density at radius 2 is 1.09 bits per heavy atom. The zero-order valence-electron chi connectivity index (χ0n) is 18.4. The van der Waals surface area contributed by atoms with Gasteiger partial charge in [-0.05, 0) is 73.5 Å². The highest BCUT2D eigenvalue weighted by atomic mass is 16.1. The second-order valence-corrected chi connectivity index (χ2v) is 9.21. The zero-order chi connectivity index (χ0) is 22.9. The van der Waals surface area contributed by atoms with Crippen LogP contribution in [0.2, 0.25) is 0 Å². The number of hydrogen-bond donors (Lipinski definition) is 0. The molecule has 8 rings (SSSR count). The third-order valence-corrected chi connectivity index (χ3v) is 7.13. The lowest BCUT2D eigenvalue weighted by atomic mass is 9.96. The SMILES string of the molecule is Cc1ccc2c(c1)nc1c3ccc4c(=O)n5c6cc(C)ccc6nc5c5ccc(c(=O)n21)c3c45. The fourth-order valence-electron chi connectivity index (χ4n) is 5.61. The lowest BCUT2D eigenvalue weighted by Crippen LogP contribution is -2.16. The van der Waals surface area contributed by atoms with Crippen LogP contribution in [0.5, 0.6) is 0 Å². The molecule has 8 aromatic rings. The van der Waals surface area contributed by atoms with Gasteiger partial charge in [-0.1, -0.05) is 12.1 Å². The highest BCUT2D eigenvalue weighted by Gasteiger charge is 2.22. The van der Waals surface area contributed by atoms with E-state index in [1.807, 2.05) is 74.5 Å². The summed E-state index contributed by atoms with van der Waals surface area (Å²) in [6.45, 7) is 4.02. The van der Waals surface area contributed by atoms with Gasteiger partial charge in [-0.25, -0.2) is 9.97 Å². The molecule has 160 valence electrons. The highest BCUT2D eigenvalue weighted by Crippen LogP contribution is 2.36. The number of benzene rings is 4. The molecule has 0 aliphatic rings. The molecule has 0 fully saturated rings. The molecule has 0 aliphatic heterocycles. The second kappa shape index (κ2) is 5.66. The number of nitrogens with zero attached hydrogens (tertiary/aromatic N) is 4. The predicted octanol–water partition coefficient (Wildman–Crippen LogP) is 4.96. The minimum Gasteiger partial charge on any atom is -0.268 e.